The van der Waals surface area contributed by atoms with Crippen LogP contribution >= 0.6 is 0 Å². The summed E-state index contributed by atoms with van der Waals surface area (Å²) in [6.45, 7) is 1.99. The van der Waals surface area contributed by atoms with Crippen molar-refractivity contribution in [1.29, 1.82) is 0 Å². The summed E-state index contributed by atoms with van der Waals surface area (Å²) in [5.41, 5.74) is 3.83. The average Bonchev–Trinajstić information content (AvgIpc) is 2.92. The molecule has 5 heteroatoms. The standard InChI is InChI=1S/C18H15N3O2/c1-12-10-17-19-21(14-8-6-13(11-22)7-9-14)18(23)20(17)16-5-3-2-4-15(12)16/h2-10,22H,11H2,1H3. The highest BCUT2D eigenvalue weighted by Gasteiger charge is 2.12. The van der Waals surface area contributed by atoms with Gasteiger partial charge < -0.3 is 5.11 Å². The highest BCUT2D eigenvalue weighted by molar-refractivity contribution is 5.85. The first-order chi connectivity index (χ1) is 11.2. The van der Waals surface area contributed by atoms with Gasteiger partial charge in [-0.05, 0) is 42.3 Å². The molecule has 0 unspecified atom stereocenters. The van der Waals surface area contributed by atoms with Gasteiger partial charge in [0.2, 0.25) is 0 Å². The van der Waals surface area contributed by atoms with E-state index in [0.717, 1.165) is 22.0 Å². The lowest BCUT2D eigenvalue weighted by Crippen LogP contribution is -2.19. The Kier molecular flexibility index (Phi) is 3.02. The maximum absolute atomic E-state index is 12.8. The molecular weight excluding hydrogens is 290 g/mol. The monoisotopic (exact) mass is 305 g/mol. The number of para-hydroxylation sites is 1. The van der Waals surface area contributed by atoms with Crippen LogP contribution in [0.15, 0.2) is 59.4 Å². The van der Waals surface area contributed by atoms with Crippen molar-refractivity contribution < 1.29 is 5.11 Å². The van der Waals surface area contributed by atoms with Crippen LogP contribution in [-0.4, -0.2) is 19.3 Å². The maximum atomic E-state index is 12.8. The summed E-state index contributed by atoms with van der Waals surface area (Å²) >= 11 is 0. The van der Waals surface area contributed by atoms with Crippen LogP contribution in [0.1, 0.15) is 11.1 Å². The predicted octanol–water partition coefficient (Wildman–Crippen LogP) is 2.44. The number of nitrogens with zero attached hydrogens (tertiary/aromatic N) is 3. The quantitative estimate of drug-likeness (QED) is 0.619. The molecule has 2 aromatic heterocycles. The van der Waals surface area contributed by atoms with E-state index in [1.165, 1.54) is 4.68 Å². The van der Waals surface area contributed by atoms with Crippen molar-refractivity contribution in [1.82, 2.24) is 14.2 Å². The molecule has 23 heavy (non-hydrogen) atoms. The van der Waals surface area contributed by atoms with Gasteiger partial charge in [0.15, 0.2) is 5.65 Å². The Morgan fingerprint density at radius 3 is 2.57 bits per heavy atom. The summed E-state index contributed by atoms with van der Waals surface area (Å²) in [6, 6.07) is 16.9. The van der Waals surface area contributed by atoms with Crippen LogP contribution in [0.2, 0.25) is 0 Å². The number of aryl methyl sites for hydroxylation is 1. The van der Waals surface area contributed by atoms with E-state index in [-0.39, 0.29) is 12.3 Å². The van der Waals surface area contributed by atoms with E-state index in [2.05, 4.69) is 5.10 Å². The summed E-state index contributed by atoms with van der Waals surface area (Å²) in [4.78, 5) is 12.8. The summed E-state index contributed by atoms with van der Waals surface area (Å²) in [5.74, 6) is 0. The summed E-state index contributed by atoms with van der Waals surface area (Å²) in [5, 5.41) is 14.6. The molecule has 0 aliphatic rings. The van der Waals surface area contributed by atoms with Crippen LogP contribution in [0.5, 0.6) is 0 Å². The number of hydrogen-bond donors (Lipinski definition) is 1. The van der Waals surface area contributed by atoms with Gasteiger partial charge in [-0.3, -0.25) is 0 Å². The molecule has 0 aliphatic carbocycles. The zero-order chi connectivity index (χ0) is 16.0. The fourth-order valence-electron chi connectivity index (χ4n) is 2.89. The van der Waals surface area contributed by atoms with Crippen LogP contribution in [0.3, 0.4) is 0 Å². The molecular formula is C18H15N3O2. The zero-order valence-electron chi connectivity index (χ0n) is 12.6. The minimum atomic E-state index is -0.201. The molecule has 1 N–H and O–H groups in total. The first kappa shape index (κ1) is 13.7. The number of hydrogen-bond acceptors (Lipinski definition) is 3. The number of pyridine rings is 1. The third-order valence-electron chi connectivity index (χ3n) is 4.08. The first-order valence-electron chi connectivity index (χ1n) is 7.39. The van der Waals surface area contributed by atoms with Crippen LogP contribution in [-0.2, 0) is 6.61 Å². The van der Waals surface area contributed by atoms with Gasteiger partial charge in [-0.1, -0.05) is 30.3 Å². The van der Waals surface area contributed by atoms with E-state index in [1.54, 1.807) is 28.7 Å². The number of aromatic nitrogens is 3. The fourth-order valence-corrected chi connectivity index (χ4v) is 2.89. The normalized spacial score (nSPS) is 11.4. The fraction of sp³-hybridized carbons (Fsp3) is 0.111. The van der Waals surface area contributed by atoms with E-state index >= 15 is 0 Å². The Hall–Kier alpha value is -2.92. The van der Waals surface area contributed by atoms with E-state index in [0.29, 0.717) is 11.3 Å². The Labute approximate surface area is 132 Å². The topological polar surface area (TPSA) is 59.5 Å². The van der Waals surface area contributed by atoms with Crippen molar-refractivity contribution in [3.05, 3.63) is 76.2 Å². The lowest BCUT2D eigenvalue weighted by Gasteiger charge is -2.03. The molecule has 0 fully saturated rings. The van der Waals surface area contributed by atoms with E-state index < -0.39 is 0 Å². The van der Waals surface area contributed by atoms with Crippen molar-refractivity contribution in [2.24, 2.45) is 0 Å². The molecule has 0 bridgehead atoms. The lowest BCUT2D eigenvalue weighted by atomic mass is 10.1. The van der Waals surface area contributed by atoms with Crippen molar-refractivity contribution in [2.45, 2.75) is 13.5 Å². The minimum absolute atomic E-state index is 0.0236. The van der Waals surface area contributed by atoms with Gasteiger partial charge in [0.05, 0.1) is 17.8 Å². The Bertz CT molecular complexity index is 1080. The SMILES string of the molecule is Cc1cc2nn(-c3ccc(CO)cc3)c(=O)n2c2ccccc12. The molecule has 0 atom stereocenters. The Morgan fingerprint density at radius 2 is 1.83 bits per heavy atom. The van der Waals surface area contributed by atoms with Crippen molar-refractivity contribution in [3.8, 4) is 5.69 Å². The largest absolute Gasteiger partial charge is 0.392 e. The molecule has 0 amide bonds. The molecule has 0 radical (unpaired) electrons. The predicted molar refractivity (Wildman–Crippen MR) is 89.0 cm³/mol. The van der Waals surface area contributed by atoms with E-state index in [4.69, 9.17) is 5.11 Å². The molecule has 0 spiro atoms. The summed E-state index contributed by atoms with van der Waals surface area (Å²) < 4.78 is 3.02. The molecule has 5 nitrogen and oxygen atoms in total. The van der Waals surface area contributed by atoms with Crippen molar-refractivity contribution in [2.75, 3.05) is 0 Å². The number of aliphatic hydroxyl groups excluding tert-OH is 1. The number of rotatable bonds is 2. The number of fused-ring (bicyclic) bond motifs is 3. The van der Waals surface area contributed by atoms with Crippen LogP contribution in [0, 0.1) is 6.92 Å². The lowest BCUT2D eigenvalue weighted by molar-refractivity contribution is 0.282. The van der Waals surface area contributed by atoms with Gasteiger partial charge in [0.1, 0.15) is 0 Å². The van der Waals surface area contributed by atoms with Crippen LogP contribution < -0.4 is 5.69 Å². The molecule has 4 aromatic rings. The zero-order valence-corrected chi connectivity index (χ0v) is 12.6. The third kappa shape index (κ3) is 2.05. The summed E-state index contributed by atoms with van der Waals surface area (Å²) in [7, 11) is 0. The van der Waals surface area contributed by atoms with Crippen LogP contribution in [0.4, 0.5) is 0 Å². The summed E-state index contributed by atoms with van der Waals surface area (Å²) in [6.07, 6.45) is 0. The van der Waals surface area contributed by atoms with Crippen molar-refractivity contribution >= 4 is 16.6 Å². The Morgan fingerprint density at radius 1 is 1.09 bits per heavy atom. The molecule has 0 saturated carbocycles. The second-order valence-electron chi connectivity index (χ2n) is 5.56. The molecule has 4 rings (SSSR count). The molecule has 0 saturated heterocycles. The van der Waals surface area contributed by atoms with Crippen molar-refractivity contribution in [3.63, 3.8) is 0 Å². The van der Waals surface area contributed by atoms with Gasteiger partial charge in [0.25, 0.3) is 0 Å². The van der Waals surface area contributed by atoms with E-state index in [9.17, 15) is 4.79 Å². The third-order valence-corrected chi connectivity index (χ3v) is 4.08. The molecule has 0 aliphatic heterocycles. The van der Waals surface area contributed by atoms with E-state index in [1.807, 2.05) is 37.3 Å². The number of benzene rings is 2. The van der Waals surface area contributed by atoms with Gasteiger partial charge in [0, 0.05) is 5.39 Å². The molecule has 2 aromatic carbocycles. The second-order valence-corrected chi connectivity index (χ2v) is 5.56. The second kappa shape index (κ2) is 5.07. The van der Waals surface area contributed by atoms with Gasteiger partial charge in [-0.25, -0.2) is 9.20 Å². The van der Waals surface area contributed by atoms with Crippen LogP contribution in [0.25, 0.3) is 22.2 Å². The van der Waals surface area contributed by atoms with Gasteiger partial charge >= 0.3 is 5.69 Å². The molecule has 2 heterocycles. The highest BCUT2D eigenvalue weighted by Crippen LogP contribution is 2.19. The average molecular weight is 305 g/mol. The van der Waals surface area contributed by atoms with Gasteiger partial charge in [-0.15, -0.1) is 5.10 Å². The Balaban J connectivity index is 2.04. The maximum Gasteiger partial charge on any atom is 0.355 e. The van der Waals surface area contributed by atoms with Gasteiger partial charge in [-0.2, -0.15) is 4.68 Å². The molecule has 114 valence electrons. The first-order valence-corrected chi connectivity index (χ1v) is 7.39. The highest BCUT2D eigenvalue weighted by atomic mass is 16.3. The smallest absolute Gasteiger partial charge is 0.355 e. The minimum Gasteiger partial charge on any atom is -0.392 e. The number of aliphatic hydroxyl groups is 1.